The van der Waals surface area contributed by atoms with E-state index in [4.69, 9.17) is 9.47 Å². The van der Waals surface area contributed by atoms with E-state index in [0.29, 0.717) is 18.6 Å². The van der Waals surface area contributed by atoms with Crippen molar-refractivity contribution in [1.82, 2.24) is 0 Å². The first kappa shape index (κ1) is 12.6. The molecule has 18 heavy (non-hydrogen) atoms. The molecule has 96 valence electrons. The number of carbonyl (C=O) groups excluding carboxylic acids is 2. The van der Waals surface area contributed by atoms with Gasteiger partial charge in [-0.15, -0.1) is 0 Å². The monoisotopic (exact) mass is 248 g/mol. The van der Waals surface area contributed by atoms with Gasteiger partial charge in [0.2, 0.25) is 0 Å². The first-order chi connectivity index (χ1) is 8.58. The number of rotatable bonds is 3. The van der Waals surface area contributed by atoms with Gasteiger partial charge in [0, 0.05) is 12.0 Å². The molecular formula is C14H16O4. The number of hydrogen-bond acceptors (Lipinski definition) is 4. The minimum absolute atomic E-state index is 0.340. The Hall–Kier alpha value is -1.84. The van der Waals surface area contributed by atoms with Gasteiger partial charge in [-0.3, -0.25) is 4.79 Å². The summed E-state index contributed by atoms with van der Waals surface area (Å²) in [5, 5.41) is 0. The lowest BCUT2D eigenvalue weighted by Gasteiger charge is -2.11. The average Bonchev–Trinajstić information content (AvgIpc) is 2.78. The molecule has 1 aromatic rings. The summed E-state index contributed by atoms with van der Waals surface area (Å²) >= 11 is 0. The molecule has 0 spiro atoms. The van der Waals surface area contributed by atoms with Crippen LogP contribution in [0.25, 0.3) is 0 Å². The normalized spacial score (nSPS) is 16.9. The van der Waals surface area contributed by atoms with Crippen LogP contribution in [0.5, 0.6) is 5.75 Å². The third kappa shape index (κ3) is 1.98. The van der Waals surface area contributed by atoms with Crippen molar-refractivity contribution < 1.29 is 19.1 Å². The zero-order chi connectivity index (χ0) is 13.3. The Labute approximate surface area is 106 Å². The summed E-state index contributed by atoms with van der Waals surface area (Å²) in [7, 11) is 0. The minimum Gasteiger partial charge on any atom is -0.478 e. The molecular weight excluding hydrogens is 232 g/mol. The molecule has 2 rings (SSSR count). The van der Waals surface area contributed by atoms with Crippen molar-refractivity contribution in [3.8, 4) is 5.75 Å². The van der Waals surface area contributed by atoms with Crippen LogP contribution in [0.3, 0.4) is 0 Å². The predicted octanol–water partition coefficient (Wildman–Crippen LogP) is 1.98. The van der Waals surface area contributed by atoms with Crippen molar-refractivity contribution in [3.63, 3.8) is 0 Å². The third-order valence-corrected chi connectivity index (χ3v) is 3.30. The Balaban J connectivity index is 2.32. The predicted molar refractivity (Wildman–Crippen MR) is 66.1 cm³/mol. The van der Waals surface area contributed by atoms with Crippen LogP contribution in [0.1, 0.15) is 34.0 Å². The van der Waals surface area contributed by atoms with Gasteiger partial charge in [-0.2, -0.15) is 0 Å². The van der Waals surface area contributed by atoms with Gasteiger partial charge >= 0.3 is 5.97 Å². The number of benzene rings is 1. The van der Waals surface area contributed by atoms with E-state index in [1.54, 1.807) is 13.0 Å². The smallest absolute Gasteiger partial charge is 0.347 e. The molecule has 0 fully saturated rings. The lowest BCUT2D eigenvalue weighted by Crippen LogP contribution is -2.27. The second-order valence-electron chi connectivity index (χ2n) is 4.38. The van der Waals surface area contributed by atoms with Crippen LogP contribution in [0, 0.1) is 13.8 Å². The van der Waals surface area contributed by atoms with Gasteiger partial charge < -0.3 is 9.47 Å². The number of hydrogen-bond donors (Lipinski definition) is 0. The van der Waals surface area contributed by atoms with E-state index in [1.165, 1.54) is 0 Å². The fourth-order valence-electron chi connectivity index (χ4n) is 2.18. The lowest BCUT2D eigenvalue weighted by molar-refractivity contribution is -0.150. The lowest BCUT2D eigenvalue weighted by atomic mass is 9.98. The van der Waals surface area contributed by atoms with E-state index in [1.807, 2.05) is 13.8 Å². The quantitative estimate of drug-likeness (QED) is 0.606. The second kappa shape index (κ2) is 4.80. The first-order valence-electron chi connectivity index (χ1n) is 6.00. The molecule has 0 amide bonds. The number of esters is 1. The van der Waals surface area contributed by atoms with Crippen LogP contribution in [0.15, 0.2) is 6.07 Å². The highest BCUT2D eigenvalue weighted by Crippen LogP contribution is 2.35. The van der Waals surface area contributed by atoms with Gasteiger partial charge in [0.1, 0.15) is 12.0 Å². The molecule has 4 heteroatoms. The molecule has 1 atom stereocenters. The topological polar surface area (TPSA) is 52.6 Å². The molecule has 0 aliphatic carbocycles. The highest BCUT2D eigenvalue weighted by Gasteiger charge is 2.32. The van der Waals surface area contributed by atoms with Crippen LogP contribution in [0.2, 0.25) is 0 Å². The highest BCUT2D eigenvalue weighted by molar-refractivity contribution is 5.81. The first-order valence-corrected chi connectivity index (χ1v) is 6.00. The van der Waals surface area contributed by atoms with Crippen LogP contribution in [-0.2, 0) is 16.0 Å². The van der Waals surface area contributed by atoms with E-state index < -0.39 is 6.10 Å². The van der Waals surface area contributed by atoms with Crippen molar-refractivity contribution in [2.75, 3.05) is 6.61 Å². The SMILES string of the molecule is CCOC(=O)C1Cc2cc(C=O)c(C)c(C)c2O1. The molecule has 1 unspecified atom stereocenters. The summed E-state index contributed by atoms with van der Waals surface area (Å²) in [5.74, 6) is 0.370. The Kier molecular flexibility index (Phi) is 3.36. The summed E-state index contributed by atoms with van der Waals surface area (Å²) in [5.41, 5.74) is 3.37. The summed E-state index contributed by atoms with van der Waals surface area (Å²) in [6.07, 6.45) is 0.719. The standard InChI is InChI=1S/C14H16O4/c1-4-17-14(16)12-6-10-5-11(7-15)8(2)9(3)13(10)18-12/h5,7,12H,4,6H2,1-3H3. The second-order valence-corrected chi connectivity index (χ2v) is 4.38. The van der Waals surface area contributed by atoms with Crippen molar-refractivity contribution >= 4 is 12.3 Å². The van der Waals surface area contributed by atoms with Crippen LogP contribution < -0.4 is 4.74 Å². The highest BCUT2D eigenvalue weighted by atomic mass is 16.6. The molecule has 0 saturated heterocycles. The largest absolute Gasteiger partial charge is 0.478 e. The van der Waals surface area contributed by atoms with Gasteiger partial charge in [0.05, 0.1) is 6.61 Å². The Morgan fingerprint density at radius 2 is 2.22 bits per heavy atom. The molecule has 0 radical (unpaired) electrons. The van der Waals surface area contributed by atoms with E-state index >= 15 is 0 Å². The van der Waals surface area contributed by atoms with Gasteiger partial charge in [0.15, 0.2) is 6.10 Å². The Bertz CT molecular complexity index is 505. The van der Waals surface area contributed by atoms with E-state index in [9.17, 15) is 9.59 Å². The van der Waals surface area contributed by atoms with E-state index in [0.717, 1.165) is 28.7 Å². The van der Waals surface area contributed by atoms with Gasteiger partial charge in [-0.1, -0.05) is 0 Å². The molecule has 0 bridgehead atoms. The van der Waals surface area contributed by atoms with Crippen LogP contribution in [0.4, 0.5) is 0 Å². The molecule has 1 aromatic carbocycles. The number of ether oxygens (including phenoxy) is 2. The maximum atomic E-state index is 11.6. The molecule has 1 heterocycles. The summed E-state index contributed by atoms with van der Waals surface area (Å²) in [6.45, 7) is 5.88. The van der Waals surface area contributed by atoms with Crippen molar-refractivity contribution in [2.24, 2.45) is 0 Å². The van der Waals surface area contributed by atoms with E-state index in [-0.39, 0.29) is 5.97 Å². The zero-order valence-corrected chi connectivity index (χ0v) is 10.8. The summed E-state index contributed by atoms with van der Waals surface area (Å²) in [6, 6.07) is 1.80. The maximum absolute atomic E-state index is 11.6. The fourth-order valence-corrected chi connectivity index (χ4v) is 2.18. The van der Waals surface area contributed by atoms with Crippen molar-refractivity contribution in [1.29, 1.82) is 0 Å². The van der Waals surface area contributed by atoms with E-state index in [2.05, 4.69) is 0 Å². The molecule has 4 nitrogen and oxygen atoms in total. The molecule has 0 aromatic heterocycles. The Morgan fingerprint density at radius 3 is 2.83 bits per heavy atom. The number of aldehydes is 1. The van der Waals surface area contributed by atoms with Gasteiger partial charge in [-0.05, 0) is 43.5 Å². The van der Waals surface area contributed by atoms with Crippen LogP contribution >= 0.6 is 0 Å². The average molecular weight is 248 g/mol. The minimum atomic E-state index is -0.583. The summed E-state index contributed by atoms with van der Waals surface area (Å²) < 4.78 is 10.6. The number of carbonyl (C=O) groups is 2. The third-order valence-electron chi connectivity index (χ3n) is 3.30. The fraction of sp³-hybridized carbons (Fsp3) is 0.429. The molecule has 1 aliphatic heterocycles. The summed E-state index contributed by atoms with van der Waals surface area (Å²) in [4.78, 5) is 22.6. The maximum Gasteiger partial charge on any atom is 0.347 e. The van der Waals surface area contributed by atoms with Gasteiger partial charge in [0.25, 0.3) is 0 Å². The van der Waals surface area contributed by atoms with Crippen molar-refractivity contribution in [3.05, 3.63) is 28.3 Å². The van der Waals surface area contributed by atoms with Crippen molar-refractivity contribution in [2.45, 2.75) is 33.3 Å². The van der Waals surface area contributed by atoms with Crippen LogP contribution in [-0.4, -0.2) is 25.0 Å². The molecule has 1 aliphatic rings. The van der Waals surface area contributed by atoms with Gasteiger partial charge in [-0.25, -0.2) is 4.79 Å². The molecule has 0 N–H and O–H groups in total. The number of fused-ring (bicyclic) bond motifs is 1. The molecule has 0 saturated carbocycles. The Morgan fingerprint density at radius 1 is 1.50 bits per heavy atom. The zero-order valence-electron chi connectivity index (χ0n) is 10.8.